The molecule has 9 N–H and O–H groups in total. The molecule has 3 aliphatic carbocycles. The van der Waals surface area contributed by atoms with Crippen LogP contribution in [0.25, 0.3) is 0 Å². The number of carbonyl (C=O) groups is 5. The van der Waals surface area contributed by atoms with Crippen LogP contribution in [0, 0.1) is 11.8 Å². The molecule has 5 atom stereocenters. The van der Waals surface area contributed by atoms with Gasteiger partial charge in [-0.2, -0.15) is 0 Å². The normalized spacial score (nSPS) is 28.8. The number of benzene rings is 1. The van der Waals surface area contributed by atoms with Gasteiger partial charge in [0.2, 0.25) is 5.91 Å². The van der Waals surface area contributed by atoms with Crippen molar-refractivity contribution in [1.82, 2.24) is 5.32 Å². The zero-order valence-electron chi connectivity index (χ0n) is 19.1. The lowest BCUT2D eigenvalue weighted by molar-refractivity contribution is -0.137. The first-order chi connectivity index (χ1) is 17.3. The molecule has 4 rings (SSSR count). The van der Waals surface area contributed by atoms with Gasteiger partial charge >= 0.3 is 6.03 Å². The smallest absolute Gasteiger partial charge is 0.326 e. The molecule has 4 amide bonds. The number of Topliss-reactive ketones (excluding diaryl/α,β-unsaturated/α-hetero) is 2. The van der Waals surface area contributed by atoms with Crippen LogP contribution in [0.4, 0.5) is 10.5 Å². The van der Waals surface area contributed by atoms with Crippen molar-refractivity contribution >= 4 is 46.7 Å². The van der Waals surface area contributed by atoms with Crippen LogP contribution in [0.5, 0.6) is 5.75 Å². The van der Waals surface area contributed by atoms with Crippen molar-refractivity contribution in [3.8, 4) is 5.75 Å². The molecule has 0 aromatic heterocycles. The Morgan fingerprint density at radius 3 is 2.41 bits per heavy atom. The van der Waals surface area contributed by atoms with Gasteiger partial charge in [0.25, 0.3) is 5.91 Å². The average molecular weight is 536 g/mol. The van der Waals surface area contributed by atoms with Gasteiger partial charge in [-0.1, -0.05) is 13.0 Å². The number of imide groups is 1. The van der Waals surface area contributed by atoms with Gasteiger partial charge in [0.05, 0.1) is 17.4 Å². The zero-order valence-corrected chi connectivity index (χ0v) is 19.9. The average Bonchev–Trinajstić information content (AvgIpc) is 2.82. The first kappa shape index (κ1) is 26.1. The second kappa shape index (κ2) is 8.87. The maximum Gasteiger partial charge on any atom is 0.326 e. The van der Waals surface area contributed by atoms with Crippen LogP contribution in [0.3, 0.4) is 0 Å². The number of fused-ring (bicyclic) bond motifs is 3. The molecule has 0 saturated heterocycles. The number of carbonyl (C=O) groups excluding carboxylic acids is 5. The summed E-state index contributed by atoms with van der Waals surface area (Å²) in [6, 6.07) is 1.58. The van der Waals surface area contributed by atoms with Crippen molar-refractivity contribution < 1.29 is 49.5 Å². The summed E-state index contributed by atoms with van der Waals surface area (Å²) in [5.41, 5.74) is 0.281. The van der Waals surface area contributed by atoms with Crippen LogP contribution >= 0.6 is 11.6 Å². The Kier molecular flexibility index (Phi) is 6.26. The third-order valence-electron chi connectivity index (χ3n) is 7.13. The van der Waals surface area contributed by atoms with E-state index in [4.69, 9.17) is 17.3 Å². The quantitative estimate of drug-likeness (QED) is 0.146. The molecule has 0 saturated carbocycles. The maximum absolute atomic E-state index is 13.6. The van der Waals surface area contributed by atoms with Gasteiger partial charge in [-0.3, -0.25) is 24.5 Å². The van der Waals surface area contributed by atoms with Crippen molar-refractivity contribution in [3.05, 3.63) is 45.9 Å². The fraction of sp³-hybridized carbons (Fsp3) is 0.348. The van der Waals surface area contributed by atoms with Crippen molar-refractivity contribution in [1.29, 1.82) is 0 Å². The molecule has 0 fully saturated rings. The minimum atomic E-state index is -2.89. The van der Waals surface area contributed by atoms with E-state index in [1.165, 1.54) is 12.1 Å². The molecule has 0 bridgehead atoms. The first-order valence-electron chi connectivity index (χ1n) is 10.9. The van der Waals surface area contributed by atoms with E-state index in [0.29, 0.717) is 0 Å². The van der Waals surface area contributed by atoms with Gasteiger partial charge in [-0.25, -0.2) is 4.79 Å². The largest absolute Gasteiger partial charge is 0.508 e. The standard InChI is InChI=1S/C23H22ClN3O10/c1-6-7-2-3-9(26-22(36)27-11(29)5-24)17(31)13(7)18(32)15-12(6)16(30)8-4-10(28)14(21(25)35)19(33)23(8,37)20(15)34/h2-3,6,8,12,16,30-31,33-34,37H,4-5H2,1H3,(H2,25,35)(H2,26,27,29,36)/t6-,8+,12+,16+,23+/m0/s1. The van der Waals surface area contributed by atoms with E-state index in [0.717, 1.165) is 0 Å². The van der Waals surface area contributed by atoms with Gasteiger partial charge in [0, 0.05) is 23.8 Å². The van der Waals surface area contributed by atoms with E-state index < -0.39 is 99.6 Å². The number of nitrogens with two attached hydrogens (primary N) is 1. The summed E-state index contributed by atoms with van der Waals surface area (Å²) >= 11 is 5.33. The number of aliphatic hydroxyl groups excluding tert-OH is 3. The predicted molar refractivity (Wildman–Crippen MR) is 125 cm³/mol. The van der Waals surface area contributed by atoms with Gasteiger partial charge in [0.1, 0.15) is 23.0 Å². The fourth-order valence-electron chi connectivity index (χ4n) is 5.41. The summed E-state index contributed by atoms with van der Waals surface area (Å²) in [6.45, 7) is 1.56. The highest BCUT2D eigenvalue weighted by molar-refractivity contribution is 6.28. The van der Waals surface area contributed by atoms with Crippen LogP contribution < -0.4 is 16.4 Å². The van der Waals surface area contributed by atoms with Crippen molar-refractivity contribution in [2.45, 2.75) is 31.0 Å². The number of urea groups is 1. The number of aliphatic hydroxyl groups is 4. The Bertz CT molecular complexity index is 1350. The van der Waals surface area contributed by atoms with Crippen molar-refractivity contribution in [2.75, 3.05) is 11.2 Å². The molecule has 3 aliphatic rings. The number of anilines is 1. The lowest BCUT2D eigenvalue weighted by Gasteiger charge is -2.50. The number of phenols is 1. The lowest BCUT2D eigenvalue weighted by Crippen LogP contribution is -2.60. The Morgan fingerprint density at radius 2 is 1.81 bits per heavy atom. The molecule has 1 aromatic rings. The number of ketones is 2. The van der Waals surface area contributed by atoms with E-state index in [1.54, 1.807) is 6.92 Å². The molecular formula is C23H22ClN3O10. The topological polar surface area (TPSA) is 237 Å². The van der Waals surface area contributed by atoms with E-state index in [-0.39, 0.29) is 16.8 Å². The van der Waals surface area contributed by atoms with E-state index in [9.17, 15) is 49.5 Å². The van der Waals surface area contributed by atoms with Gasteiger partial charge in [-0.05, 0) is 17.5 Å². The Hall–Kier alpha value is -3.94. The van der Waals surface area contributed by atoms with E-state index in [1.807, 2.05) is 5.32 Å². The Balaban J connectivity index is 1.88. The Labute approximate surface area is 213 Å². The predicted octanol–water partition coefficient (Wildman–Crippen LogP) is -0.000800. The number of rotatable bonds is 3. The molecule has 0 unspecified atom stereocenters. The third kappa shape index (κ3) is 3.65. The lowest BCUT2D eigenvalue weighted by atomic mass is 9.57. The summed E-state index contributed by atoms with van der Waals surface area (Å²) in [7, 11) is 0. The van der Waals surface area contributed by atoms with Gasteiger partial charge < -0.3 is 36.6 Å². The fourth-order valence-corrected chi connectivity index (χ4v) is 5.48. The minimum absolute atomic E-state index is 0.219. The SMILES string of the molecule is C[C@H]1c2ccc(NC(=O)NC(=O)CCl)c(O)c2C(=O)C2=C(O)[C@]3(O)C(O)=C(C(N)=O)C(=O)C[C@@H]3[C@@H](O)[C@@H]21. The summed E-state index contributed by atoms with van der Waals surface area (Å²) in [5.74, 6) is -11.3. The molecule has 37 heavy (non-hydrogen) atoms. The molecule has 0 spiro atoms. The zero-order chi connectivity index (χ0) is 27.6. The molecule has 0 heterocycles. The highest BCUT2D eigenvalue weighted by atomic mass is 35.5. The minimum Gasteiger partial charge on any atom is -0.508 e. The van der Waals surface area contributed by atoms with Crippen LogP contribution in [0.2, 0.25) is 0 Å². The Morgan fingerprint density at radius 1 is 1.16 bits per heavy atom. The van der Waals surface area contributed by atoms with Crippen LogP contribution in [-0.4, -0.2) is 72.5 Å². The van der Waals surface area contributed by atoms with Crippen LogP contribution in [0.1, 0.15) is 35.2 Å². The number of nitrogens with one attached hydrogen (secondary N) is 2. The molecular weight excluding hydrogens is 514 g/mol. The number of amides is 4. The summed E-state index contributed by atoms with van der Waals surface area (Å²) < 4.78 is 0. The van der Waals surface area contributed by atoms with E-state index in [2.05, 4.69) is 5.32 Å². The summed E-state index contributed by atoms with van der Waals surface area (Å²) in [4.78, 5) is 61.1. The number of aromatic hydroxyl groups is 1. The third-order valence-corrected chi connectivity index (χ3v) is 7.37. The highest BCUT2D eigenvalue weighted by Crippen LogP contribution is 2.56. The first-order valence-corrected chi connectivity index (χ1v) is 11.5. The maximum atomic E-state index is 13.6. The van der Waals surface area contributed by atoms with Gasteiger partial charge in [-0.15, -0.1) is 11.6 Å². The monoisotopic (exact) mass is 535 g/mol. The number of alkyl halides is 1. The number of hydrogen-bond donors (Lipinski definition) is 8. The number of primary amides is 1. The molecule has 196 valence electrons. The number of halogens is 1. The summed E-state index contributed by atoms with van der Waals surface area (Å²) in [6.07, 6.45) is -2.32. The molecule has 14 heteroatoms. The van der Waals surface area contributed by atoms with Crippen molar-refractivity contribution in [3.63, 3.8) is 0 Å². The molecule has 0 radical (unpaired) electrons. The highest BCUT2D eigenvalue weighted by Gasteiger charge is 2.63. The summed E-state index contributed by atoms with van der Waals surface area (Å²) in [5, 5.41) is 59.1. The van der Waals surface area contributed by atoms with Crippen LogP contribution in [-0.2, 0) is 14.4 Å². The second-order valence-corrected chi connectivity index (χ2v) is 9.31. The second-order valence-electron chi connectivity index (χ2n) is 9.05. The molecule has 1 aromatic carbocycles. The molecule has 13 nitrogen and oxygen atoms in total. The van der Waals surface area contributed by atoms with Crippen molar-refractivity contribution in [2.24, 2.45) is 17.6 Å². The number of phenolic OH excluding ortho intramolecular Hbond substituents is 1. The number of hydrogen-bond acceptors (Lipinski definition) is 10. The van der Waals surface area contributed by atoms with Gasteiger partial charge in [0.15, 0.2) is 22.9 Å². The molecule has 0 aliphatic heterocycles. The van der Waals surface area contributed by atoms with E-state index >= 15 is 0 Å². The van der Waals surface area contributed by atoms with Crippen LogP contribution in [0.15, 0.2) is 34.8 Å².